The molecule has 0 spiro atoms. The van der Waals surface area contributed by atoms with Crippen molar-refractivity contribution in [3.8, 4) is 0 Å². The average molecular weight is 361 g/mol. The summed E-state index contributed by atoms with van der Waals surface area (Å²) in [6.07, 6.45) is 2.91. The Kier molecular flexibility index (Phi) is 4.89. The zero-order chi connectivity index (χ0) is 14.9. The Morgan fingerprint density at radius 2 is 2.10 bits per heavy atom. The van der Waals surface area contributed by atoms with Gasteiger partial charge >= 0.3 is 0 Å². The van der Waals surface area contributed by atoms with Crippen molar-refractivity contribution in [3.05, 3.63) is 27.7 Å². The maximum absolute atomic E-state index is 12.6. The fourth-order valence-electron chi connectivity index (χ4n) is 2.70. The van der Waals surface area contributed by atoms with E-state index in [1.807, 2.05) is 6.07 Å². The second-order valence-corrected chi connectivity index (χ2v) is 8.18. The fourth-order valence-corrected chi connectivity index (χ4v) is 4.94. The summed E-state index contributed by atoms with van der Waals surface area (Å²) >= 11 is 3.40. The molecule has 0 bridgehead atoms. The lowest BCUT2D eigenvalue weighted by Crippen LogP contribution is -2.33. The van der Waals surface area contributed by atoms with E-state index in [1.54, 1.807) is 13.0 Å². The third kappa shape index (κ3) is 3.42. The zero-order valence-electron chi connectivity index (χ0n) is 11.8. The van der Waals surface area contributed by atoms with Crippen LogP contribution in [0.1, 0.15) is 37.3 Å². The van der Waals surface area contributed by atoms with Crippen molar-refractivity contribution < 1.29 is 8.42 Å². The average Bonchev–Trinajstić information content (AvgIpc) is 2.76. The van der Waals surface area contributed by atoms with Gasteiger partial charge in [-0.25, -0.2) is 13.1 Å². The largest absolute Gasteiger partial charge is 0.326 e. The molecule has 1 aliphatic rings. The van der Waals surface area contributed by atoms with Crippen molar-refractivity contribution >= 4 is 26.0 Å². The molecule has 0 amide bonds. The molecule has 0 heterocycles. The number of benzene rings is 1. The van der Waals surface area contributed by atoms with Crippen molar-refractivity contribution in [1.29, 1.82) is 0 Å². The lowest BCUT2D eigenvalue weighted by atomic mass is 10.1. The summed E-state index contributed by atoms with van der Waals surface area (Å²) in [5.41, 5.74) is 7.16. The van der Waals surface area contributed by atoms with E-state index in [2.05, 4.69) is 27.6 Å². The quantitative estimate of drug-likeness (QED) is 0.866. The van der Waals surface area contributed by atoms with Crippen molar-refractivity contribution in [1.82, 2.24) is 4.72 Å². The van der Waals surface area contributed by atoms with Crippen LogP contribution in [0, 0.1) is 12.8 Å². The highest BCUT2D eigenvalue weighted by Gasteiger charge is 2.27. The van der Waals surface area contributed by atoms with Crippen LogP contribution in [0.3, 0.4) is 0 Å². The lowest BCUT2D eigenvalue weighted by molar-refractivity contribution is 0.538. The molecule has 0 aromatic heterocycles. The molecule has 0 radical (unpaired) electrons. The van der Waals surface area contributed by atoms with Gasteiger partial charge in [-0.05, 0) is 55.4 Å². The topological polar surface area (TPSA) is 72.2 Å². The van der Waals surface area contributed by atoms with Crippen molar-refractivity contribution in [2.24, 2.45) is 11.7 Å². The van der Waals surface area contributed by atoms with Crippen LogP contribution in [0.4, 0.5) is 0 Å². The summed E-state index contributed by atoms with van der Waals surface area (Å²) in [6.45, 7) is 4.28. The Hall–Kier alpha value is -0.430. The molecule has 0 saturated heterocycles. The van der Waals surface area contributed by atoms with Crippen LogP contribution in [-0.2, 0) is 16.6 Å². The van der Waals surface area contributed by atoms with E-state index in [0.29, 0.717) is 17.4 Å². The summed E-state index contributed by atoms with van der Waals surface area (Å²) in [5.74, 6) is 0.589. The number of hydrogen-bond donors (Lipinski definition) is 2. The molecule has 1 fully saturated rings. The summed E-state index contributed by atoms with van der Waals surface area (Å²) in [6, 6.07) is 3.59. The second kappa shape index (κ2) is 6.13. The summed E-state index contributed by atoms with van der Waals surface area (Å²) in [4.78, 5) is 0.326. The van der Waals surface area contributed by atoms with E-state index in [4.69, 9.17) is 5.73 Å². The molecule has 4 nitrogen and oxygen atoms in total. The number of hydrogen-bond acceptors (Lipinski definition) is 3. The van der Waals surface area contributed by atoms with Gasteiger partial charge < -0.3 is 5.73 Å². The second-order valence-electron chi connectivity index (χ2n) is 5.64. The maximum Gasteiger partial charge on any atom is 0.241 e. The molecule has 0 aliphatic heterocycles. The van der Waals surface area contributed by atoms with Gasteiger partial charge in [0.15, 0.2) is 0 Å². The highest BCUT2D eigenvalue weighted by atomic mass is 79.9. The van der Waals surface area contributed by atoms with Gasteiger partial charge in [-0.15, -0.1) is 0 Å². The highest BCUT2D eigenvalue weighted by Crippen LogP contribution is 2.29. The summed E-state index contributed by atoms with van der Waals surface area (Å²) < 4.78 is 28.7. The molecule has 3 N–H and O–H groups in total. The van der Waals surface area contributed by atoms with Crippen LogP contribution >= 0.6 is 15.9 Å². The Balaban J connectivity index is 2.31. The first-order valence-corrected chi connectivity index (χ1v) is 9.12. The molecule has 6 heteroatoms. The SMILES string of the molecule is Cc1c(Br)cc(CN)cc1S(=O)(=O)NC1CCC(C)C1. The minimum Gasteiger partial charge on any atom is -0.326 e. The fraction of sp³-hybridized carbons (Fsp3) is 0.571. The Morgan fingerprint density at radius 3 is 2.65 bits per heavy atom. The molecule has 1 aromatic rings. The molecule has 2 atom stereocenters. The van der Waals surface area contributed by atoms with Gasteiger partial charge in [-0.3, -0.25) is 0 Å². The number of sulfonamides is 1. The lowest BCUT2D eigenvalue weighted by Gasteiger charge is -2.16. The van der Waals surface area contributed by atoms with E-state index in [0.717, 1.165) is 34.9 Å². The standard InChI is InChI=1S/C14H21BrN2O2S/c1-9-3-4-12(5-9)17-20(18,19)14-7-11(8-16)6-13(15)10(14)2/h6-7,9,12,17H,3-5,8,16H2,1-2H3. The molecule has 2 unspecified atom stereocenters. The van der Waals surface area contributed by atoms with Gasteiger partial charge in [-0.2, -0.15) is 0 Å². The van der Waals surface area contributed by atoms with E-state index in [-0.39, 0.29) is 6.04 Å². The van der Waals surface area contributed by atoms with Gasteiger partial charge in [0.2, 0.25) is 10.0 Å². The van der Waals surface area contributed by atoms with Gasteiger partial charge in [0, 0.05) is 17.1 Å². The van der Waals surface area contributed by atoms with Crippen LogP contribution in [0.15, 0.2) is 21.5 Å². The molecular weight excluding hydrogens is 340 g/mol. The first-order chi connectivity index (χ1) is 9.33. The van der Waals surface area contributed by atoms with Gasteiger partial charge in [0.05, 0.1) is 4.90 Å². The van der Waals surface area contributed by atoms with Crippen LogP contribution in [0.2, 0.25) is 0 Å². The van der Waals surface area contributed by atoms with Crippen molar-refractivity contribution in [2.75, 3.05) is 0 Å². The Morgan fingerprint density at radius 1 is 1.40 bits per heavy atom. The van der Waals surface area contributed by atoms with E-state index in [1.165, 1.54) is 0 Å². The van der Waals surface area contributed by atoms with Crippen LogP contribution < -0.4 is 10.5 Å². The Bertz CT molecular complexity index is 601. The van der Waals surface area contributed by atoms with Crippen molar-refractivity contribution in [2.45, 2.75) is 50.6 Å². The van der Waals surface area contributed by atoms with Gasteiger partial charge in [-0.1, -0.05) is 22.9 Å². The predicted octanol–water partition coefficient (Wildman–Crippen LogP) is 2.68. The molecule has 1 aliphatic carbocycles. The van der Waals surface area contributed by atoms with E-state index < -0.39 is 10.0 Å². The van der Waals surface area contributed by atoms with Crippen LogP contribution in [0.5, 0.6) is 0 Å². The number of nitrogens with two attached hydrogens (primary N) is 1. The number of nitrogens with one attached hydrogen (secondary N) is 1. The summed E-state index contributed by atoms with van der Waals surface area (Å²) in [7, 11) is -3.49. The summed E-state index contributed by atoms with van der Waals surface area (Å²) in [5, 5.41) is 0. The minimum atomic E-state index is -3.49. The first-order valence-electron chi connectivity index (χ1n) is 6.85. The third-order valence-electron chi connectivity index (χ3n) is 3.90. The monoisotopic (exact) mass is 360 g/mol. The van der Waals surface area contributed by atoms with Crippen LogP contribution in [0.25, 0.3) is 0 Å². The smallest absolute Gasteiger partial charge is 0.241 e. The maximum atomic E-state index is 12.6. The molecule has 2 rings (SSSR count). The van der Waals surface area contributed by atoms with Crippen molar-refractivity contribution in [3.63, 3.8) is 0 Å². The predicted molar refractivity (Wildman–Crippen MR) is 83.9 cm³/mol. The van der Waals surface area contributed by atoms with Gasteiger partial charge in [0.25, 0.3) is 0 Å². The minimum absolute atomic E-state index is 0.0507. The molecule has 112 valence electrons. The van der Waals surface area contributed by atoms with E-state index in [9.17, 15) is 8.42 Å². The van der Waals surface area contributed by atoms with E-state index >= 15 is 0 Å². The zero-order valence-corrected chi connectivity index (χ0v) is 14.2. The highest BCUT2D eigenvalue weighted by molar-refractivity contribution is 9.10. The molecule has 1 aromatic carbocycles. The number of halogens is 1. The third-order valence-corrected chi connectivity index (χ3v) is 6.37. The molecule has 20 heavy (non-hydrogen) atoms. The van der Waals surface area contributed by atoms with Gasteiger partial charge in [0.1, 0.15) is 0 Å². The normalized spacial score (nSPS) is 23.2. The Labute approximate surface area is 129 Å². The molecular formula is C14H21BrN2O2S. The first kappa shape index (κ1) is 15.9. The number of rotatable bonds is 4. The van der Waals surface area contributed by atoms with Crippen LogP contribution in [-0.4, -0.2) is 14.5 Å². The molecule has 1 saturated carbocycles.